The number of ether oxygens (including phenoxy) is 1. The molecule has 0 saturated heterocycles. The van der Waals surface area contributed by atoms with Crippen LogP contribution < -0.4 is 10.1 Å². The van der Waals surface area contributed by atoms with Gasteiger partial charge in [-0.1, -0.05) is 37.3 Å². The monoisotopic (exact) mass is 287 g/mol. The van der Waals surface area contributed by atoms with Gasteiger partial charge < -0.3 is 10.1 Å². The maximum absolute atomic E-state index is 13.7. The van der Waals surface area contributed by atoms with Gasteiger partial charge >= 0.3 is 0 Å². The molecule has 0 aliphatic heterocycles. The summed E-state index contributed by atoms with van der Waals surface area (Å²) in [5.74, 6) is -0.0165. The van der Waals surface area contributed by atoms with Gasteiger partial charge in [0.15, 0.2) is 11.6 Å². The van der Waals surface area contributed by atoms with E-state index in [0.717, 1.165) is 17.5 Å². The first-order valence-corrected chi connectivity index (χ1v) is 7.29. The predicted molar refractivity (Wildman–Crippen MR) is 84.3 cm³/mol. The second-order valence-corrected chi connectivity index (χ2v) is 5.18. The van der Waals surface area contributed by atoms with Gasteiger partial charge in [-0.05, 0) is 49.2 Å². The molecule has 21 heavy (non-hydrogen) atoms. The molecule has 1 atom stereocenters. The Hall–Kier alpha value is -1.87. The van der Waals surface area contributed by atoms with E-state index in [-0.39, 0.29) is 11.9 Å². The summed E-state index contributed by atoms with van der Waals surface area (Å²) in [4.78, 5) is 0. The van der Waals surface area contributed by atoms with Crippen molar-refractivity contribution in [1.82, 2.24) is 5.32 Å². The van der Waals surface area contributed by atoms with Crippen LogP contribution in [-0.4, -0.2) is 13.7 Å². The number of halogens is 1. The van der Waals surface area contributed by atoms with Crippen LogP contribution in [0.2, 0.25) is 0 Å². The van der Waals surface area contributed by atoms with E-state index in [4.69, 9.17) is 4.74 Å². The molecule has 3 heteroatoms. The third-order valence-corrected chi connectivity index (χ3v) is 3.63. The Morgan fingerprint density at radius 1 is 1.14 bits per heavy atom. The van der Waals surface area contributed by atoms with Crippen LogP contribution in [0.4, 0.5) is 4.39 Å². The summed E-state index contributed by atoms with van der Waals surface area (Å²) in [6.45, 7) is 4.45. The number of hydrogen-bond donors (Lipinski definition) is 1. The molecule has 0 amide bonds. The van der Waals surface area contributed by atoms with Gasteiger partial charge in [0.2, 0.25) is 0 Å². The van der Waals surface area contributed by atoms with Crippen molar-refractivity contribution in [1.29, 1.82) is 0 Å². The first-order valence-electron chi connectivity index (χ1n) is 7.29. The Labute approximate surface area is 126 Å². The number of hydrogen-bond acceptors (Lipinski definition) is 2. The first kappa shape index (κ1) is 15.5. The van der Waals surface area contributed by atoms with Gasteiger partial charge in [0.1, 0.15) is 6.61 Å². The van der Waals surface area contributed by atoms with Crippen LogP contribution in [0.5, 0.6) is 5.75 Å². The fraction of sp³-hybridized carbons (Fsp3) is 0.333. The summed E-state index contributed by atoms with van der Waals surface area (Å²) in [7, 11) is 1.88. The molecule has 0 aliphatic carbocycles. The molecule has 0 aliphatic rings. The zero-order chi connectivity index (χ0) is 15.2. The van der Waals surface area contributed by atoms with Gasteiger partial charge in [0.25, 0.3) is 0 Å². The van der Waals surface area contributed by atoms with E-state index >= 15 is 0 Å². The molecule has 0 radical (unpaired) electrons. The highest BCUT2D eigenvalue weighted by Crippen LogP contribution is 2.21. The Bertz CT molecular complexity index is 580. The predicted octanol–water partition coefficient (Wildman–Crippen LogP) is 4.04. The van der Waals surface area contributed by atoms with E-state index in [1.807, 2.05) is 14.0 Å². The van der Waals surface area contributed by atoms with Crippen molar-refractivity contribution in [3.8, 4) is 5.75 Å². The maximum Gasteiger partial charge on any atom is 0.165 e. The zero-order valence-electron chi connectivity index (χ0n) is 12.8. The highest BCUT2D eigenvalue weighted by Gasteiger charge is 2.12. The molecular formula is C18H22FNO. The van der Waals surface area contributed by atoms with Crippen LogP contribution in [0.15, 0.2) is 42.5 Å². The number of likely N-dealkylation sites (N-methyl/N-ethyl adjacent to an activating group) is 1. The topological polar surface area (TPSA) is 21.3 Å². The molecule has 0 bridgehead atoms. The Kier molecular flexibility index (Phi) is 5.34. The molecular weight excluding hydrogens is 265 g/mol. The van der Waals surface area contributed by atoms with E-state index in [2.05, 4.69) is 36.5 Å². The second-order valence-electron chi connectivity index (χ2n) is 5.18. The summed E-state index contributed by atoms with van der Waals surface area (Å²) in [5.41, 5.74) is 3.43. The summed E-state index contributed by atoms with van der Waals surface area (Å²) in [6.07, 6.45) is 1.02. The summed E-state index contributed by atoms with van der Waals surface area (Å²) < 4.78 is 19.3. The average molecular weight is 287 g/mol. The van der Waals surface area contributed by atoms with Gasteiger partial charge in [-0.25, -0.2) is 4.39 Å². The van der Waals surface area contributed by atoms with E-state index in [1.165, 1.54) is 11.6 Å². The fourth-order valence-electron chi connectivity index (χ4n) is 2.23. The highest BCUT2D eigenvalue weighted by molar-refractivity contribution is 5.30. The van der Waals surface area contributed by atoms with Crippen LogP contribution in [0.25, 0.3) is 0 Å². The van der Waals surface area contributed by atoms with Crippen molar-refractivity contribution in [3.63, 3.8) is 0 Å². The molecule has 0 heterocycles. The lowest BCUT2D eigenvalue weighted by atomic mass is 10.0. The van der Waals surface area contributed by atoms with E-state index < -0.39 is 0 Å². The molecule has 112 valence electrons. The van der Waals surface area contributed by atoms with Crippen molar-refractivity contribution >= 4 is 0 Å². The summed E-state index contributed by atoms with van der Waals surface area (Å²) in [6, 6.07) is 13.4. The van der Waals surface area contributed by atoms with Gasteiger partial charge in [-0.15, -0.1) is 0 Å². The van der Waals surface area contributed by atoms with Crippen molar-refractivity contribution in [2.24, 2.45) is 0 Å². The molecule has 0 fully saturated rings. The van der Waals surface area contributed by atoms with Crippen molar-refractivity contribution < 1.29 is 9.13 Å². The largest absolute Gasteiger partial charge is 0.489 e. The Morgan fingerprint density at radius 2 is 1.86 bits per heavy atom. The summed E-state index contributed by atoms with van der Waals surface area (Å²) >= 11 is 0. The van der Waals surface area contributed by atoms with Crippen molar-refractivity contribution in [3.05, 3.63) is 65.0 Å². The number of rotatable bonds is 6. The molecule has 2 rings (SSSR count). The van der Waals surface area contributed by atoms with Gasteiger partial charge in [-0.2, -0.15) is 0 Å². The average Bonchev–Trinajstić information content (AvgIpc) is 2.51. The highest BCUT2D eigenvalue weighted by atomic mass is 19.1. The lowest BCUT2D eigenvalue weighted by molar-refractivity contribution is 0.261. The van der Waals surface area contributed by atoms with Crippen molar-refractivity contribution in [2.75, 3.05) is 13.7 Å². The van der Waals surface area contributed by atoms with Crippen LogP contribution in [-0.2, 0) is 6.42 Å². The third kappa shape index (κ3) is 4.05. The molecule has 2 nitrogen and oxygen atoms in total. The van der Waals surface area contributed by atoms with Crippen LogP contribution >= 0.6 is 0 Å². The van der Waals surface area contributed by atoms with Crippen molar-refractivity contribution in [2.45, 2.75) is 26.3 Å². The smallest absolute Gasteiger partial charge is 0.165 e. The quantitative estimate of drug-likeness (QED) is 0.866. The first-order chi connectivity index (χ1) is 10.1. The second kappa shape index (κ2) is 7.23. The molecule has 0 aromatic heterocycles. The lowest BCUT2D eigenvalue weighted by Gasteiger charge is -2.18. The SMILES string of the molecule is CCc1ccc(C(COc2cc(C)ccc2F)NC)cc1. The lowest BCUT2D eigenvalue weighted by Crippen LogP contribution is -2.23. The number of aryl methyl sites for hydroxylation is 2. The van der Waals surface area contributed by atoms with E-state index in [0.29, 0.717) is 12.4 Å². The Morgan fingerprint density at radius 3 is 2.48 bits per heavy atom. The number of nitrogens with one attached hydrogen (secondary N) is 1. The Balaban J connectivity index is 2.06. The van der Waals surface area contributed by atoms with Gasteiger partial charge in [0, 0.05) is 0 Å². The molecule has 0 saturated carbocycles. The van der Waals surface area contributed by atoms with Crippen LogP contribution in [0.1, 0.15) is 29.7 Å². The fourth-order valence-corrected chi connectivity index (χ4v) is 2.23. The normalized spacial score (nSPS) is 12.2. The number of benzene rings is 2. The molecule has 1 unspecified atom stereocenters. The minimum absolute atomic E-state index is 0.0378. The van der Waals surface area contributed by atoms with Gasteiger partial charge in [-0.3, -0.25) is 0 Å². The van der Waals surface area contributed by atoms with Crippen LogP contribution in [0.3, 0.4) is 0 Å². The minimum atomic E-state index is -0.322. The van der Waals surface area contributed by atoms with E-state index in [9.17, 15) is 4.39 Å². The molecule has 1 N–H and O–H groups in total. The summed E-state index contributed by atoms with van der Waals surface area (Å²) in [5, 5.41) is 3.21. The molecule has 0 spiro atoms. The standard InChI is InChI=1S/C18H22FNO/c1-4-14-6-8-15(9-7-14)17(20-3)12-21-18-11-13(2)5-10-16(18)19/h5-11,17,20H,4,12H2,1-3H3. The minimum Gasteiger partial charge on any atom is -0.489 e. The van der Waals surface area contributed by atoms with Crippen LogP contribution in [0, 0.1) is 12.7 Å². The zero-order valence-corrected chi connectivity index (χ0v) is 12.8. The molecule has 2 aromatic carbocycles. The maximum atomic E-state index is 13.7. The third-order valence-electron chi connectivity index (χ3n) is 3.63. The molecule has 2 aromatic rings. The van der Waals surface area contributed by atoms with E-state index in [1.54, 1.807) is 12.1 Å². The van der Waals surface area contributed by atoms with Gasteiger partial charge in [0.05, 0.1) is 6.04 Å².